The van der Waals surface area contributed by atoms with Gasteiger partial charge in [0.05, 0.1) is 0 Å². The second kappa shape index (κ2) is 33.0. The Kier molecular flexibility index (Phi) is 26.9. The Morgan fingerprint density at radius 1 is 0.345 bits per heavy atom. The van der Waals surface area contributed by atoms with Crippen LogP contribution in [-0.4, -0.2) is 0 Å². The maximum atomic E-state index is 8.27. The van der Waals surface area contributed by atoms with Gasteiger partial charge in [-0.25, -0.2) is 0 Å². The molecule has 0 amide bonds. The summed E-state index contributed by atoms with van der Waals surface area (Å²) in [6.45, 7) is 63.5. The van der Waals surface area contributed by atoms with E-state index in [0.29, 0.717) is 43.8 Å². The van der Waals surface area contributed by atoms with Crippen LogP contribution >= 0.6 is 0 Å². The molecule has 0 aromatic carbocycles. The van der Waals surface area contributed by atoms with Crippen molar-refractivity contribution in [2.24, 2.45) is 125 Å². The Hall–Kier alpha value is 0. The van der Waals surface area contributed by atoms with E-state index in [1.165, 1.54) is 154 Å². The quantitative estimate of drug-likeness (QED) is 0.257. The highest BCUT2D eigenvalue weighted by Gasteiger charge is 2.53. The molecule has 0 aromatic heterocycles. The van der Waals surface area contributed by atoms with Gasteiger partial charge in [-0.05, 0) is 247 Å². The lowest BCUT2D eigenvalue weighted by Gasteiger charge is -2.45. The van der Waals surface area contributed by atoms with Crippen LogP contribution in [0.25, 0.3) is 0 Å². The van der Waals surface area contributed by atoms with Crippen LogP contribution in [-0.2, 0) is 0 Å². The Morgan fingerprint density at radius 3 is 0.988 bits per heavy atom. The maximum Gasteiger partial charge on any atom is 0.0275 e. The molecule has 6 atom stereocenters. The molecule has 0 heteroatoms. The Bertz CT molecular complexity index is 1990. The Morgan fingerprint density at radius 2 is 0.702 bits per heavy atom. The van der Waals surface area contributed by atoms with Crippen molar-refractivity contribution in [1.29, 1.82) is 0 Å². The maximum absolute atomic E-state index is 8.27. The summed E-state index contributed by atoms with van der Waals surface area (Å²) in [7, 11) is 0. The van der Waals surface area contributed by atoms with Crippen LogP contribution in [0.4, 0.5) is 0 Å². The van der Waals surface area contributed by atoms with Gasteiger partial charge in [0.15, 0.2) is 0 Å². The van der Waals surface area contributed by atoms with E-state index in [4.69, 9.17) is 8.22 Å². The van der Waals surface area contributed by atoms with Gasteiger partial charge in [-0.15, -0.1) is 0 Å². The van der Waals surface area contributed by atoms with E-state index in [1.807, 2.05) is 62.3 Å². The highest BCUT2D eigenvalue weighted by Crippen LogP contribution is 2.63. The molecule has 9 saturated carbocycles. The second-order valence-electron chi connectivity index (χ2n) is 41.1. The summed E-state index contributed by atoms with van der Waals surface area (Å²) < 4.78 is 49.2. The standard InChI is InChI=1S/2C13H26.C12H22.2C12H24.C11H20.C11H22/c2*1-12(2,3)10-11-6-8-13(4,5)9-7-11;1-11(2,3)12(4)8-9-5-6-10(12)7-9;2*1-10-5-7-11(8-6-10)9-12(2,3)4;1-11(2,3)10-7-8-4-5-9(10)6-8;1-11(2,3)9-10-7-5-4-6-8-10/h2*11H,6-10H2,1-5H3;9-10H,5-8H2,1-4H3;2*10-11H,5-9H2,1-4H3;8-10H,4-7H2,1-3H3;10H,4-9H2,1-3H3/i10D2;;;9D2;;;9D2. The zero-order chi connectivity index (χ0) is 69.3. The van der Waals surface area contributed by atoms with Gasteiger partial charge in [0.25, 0.3) is 0 Å². The number of fused-ring (bicyclic) bond motifs is 4. The van der Waals surface area contributed by atoms with Crippen molar-refractivity contribution in [2.75, 3.05) is 0 Å². The lowest BCUT2D eigenvalue weighted by Crippen LogP contribution is -2.37. The van der Waals surface area contributed by atoms with E-state index in [9.17, 15) is 0 Å². The number of hydrogen-bond donors (Lipinski definition) is 0. The van der Waals surface area contributed by atoms with Crippen LogP contribution < -0.4 is 0 Å². The minimum atomic E-state index is -1.02. The van der Waals surface area contributed by atoms with E-state index in [1.54, 1.807) is 6.42 Å². The third kappa shape index (κ3) is 32.3. The highest BCUT2D eigenvalue weighted by atomic mass is 14.6. The van der Waals surface area contributed by atoms with Gasteiger partial charge >= 0.3 is 0 Å². The molecule has 500 valence electrons. The molecule has 0 saturated heterocycles. The van der Waals surface area contributed by atoms with Crippen LogP contribution in [0.2, 0.25) is 0 Å². The van der Waals surface area contributed by atoms with Crippen molar-refractivity contribution in [3.63, 3.8) is 0 Å². The van der Waals surface area contributed by atoms with E-state index >= 15 is 0 Å². The average molecular weight is 1180 g/mol. The average Bonchev–Trinajstić information content (AvgIpc) is 1.57. The minimum absolute atomic E-state index is 0.213. The van der Waals surface area contributed by atoms with Crippen molar-refractivity contribution in [2.45, 2.75) is 412 Å². The predicted octanol–water partition coefficient (Wildman–Crippen LogP) is 29.1. The molecule has 4 bridgehead atoms. The smallest absolute Gasteiger partial charge is 0.0275 e. The van der Waals surface area contributed by atoms with Gasteiger partial charge in [-0.3, -0.25) is 0 Å². The Balaban J connectivity index is 0.000000275. The lowest BCUT2D eigenvalue weighted by atomic mass is 9.60. The molecule has 6 unspecified atom stereocenters. The third-order valence-electron chi connectivity index (χ3n) is 23.0. The molecule has 0 radical (unpaired) electrons. The van der Waals surface area contributed by atoms with Crippen LogP contribution in [0.5, 0.6) is 0 Å². The van der Waals surface area contributed by atoms with Gasteiger partial charge in [0.2, 0.25) is 0 Å². The summed E-state index contributed by atoms with van der Waals surface area (Å²) >= 11 is 0. The molecule has 9 rings (SSSR count). The number of hydrogen-bond acceptors (Lipinski definition) is 0. The van der Waals surface area contributed by atoms with Crippen LogP contribution in [0.15, 0.2) is 0 Å². The van der Waals surface area contributed by atoms with Crippen molar-refractivity contribution in [1.82, 2.24) is 0 Å². The Labute approximate surface area is 542 Å². The summed E-state index contributed by atoms with van der Waals surface area (Å²) in [5.74, 6) is 10.1. The molecule has 9 aliphatic rings. The van der Waals surface area contributed by atoms with Crippen molar-refractivity contribution >= 4 is 0 Å². The lowest BCUT2D eigenvalue weighted by molar-refractivity contribution is 0.0404. The first-order valence-electron chi connectivity index (χ1n) is 40.4. The van der Waals surface area contributed by atoms with Crippen LogP contribution in [0.1, 0.15) is 420 Å². The van der Waals surface area contributed by atoms with Crippen LogP contribution in [0.3, 0.4) is 0 Å². The summed E-state index contributed by atoms with van der Waals surface area (Å²) in [5.41, 5.74) is 3.23. The normalized spacial score (nSPS) is 33.6. The molecule has 9 aliphatic carbocycles. The SMILES string of the molecule is CC(C)(C)C1(C)CC2CCC1C2.CC(C)(C)C1CC2CCC1C2.CC(C)(C)CC1CCC(C)(C)CC1.CC1CCC(CC(C)(C)C)CC1.[2H]C([2H])(C1CCC(C)(C)CC1)C(C)(C)C.[2H]C([2H])(C1CCC(C)CC1)C(C)(C)C.[2H]C([2H])(C1CCCCC1)C(C)(C)C. The summed E-state index contributed by atoms with van der Waals surface area (Å²) in [6, 6.07) is 0. The van der Waals surface area contributed by atoms with Gasteiger partial charge in [-0.1, -0.05) is 290 Å². The summed E-state index contributed by atoms with van der Waals surface area (Å²) in [4.78, 5) is 0. The first-order chi connectivity index (χ1) is 40.4. The second-order valence-corrected chi connectivity index (χ2v) is 41.1. The number of rotatable bonds is 5. The van der Waals surface area contributed by atoms with E-state index < -0.39 is 19.1 Å². The fraction of sp³-hybridized carbons (Fsp3) is 1.00. The van der Waals surface area contributed by atoms with Crippen LogP contribution in [0, 0.1) is 125 Å². The monoisotopic (exact) mass is 1180 g/mol. The fourth-order valence-electron chi connectivity index (χ4n) is 17.8. The van der Waals surface area contributed by atoms with Crippen molar-refractivity contribution in [3.05, 3.63) is 0 Å². The molecule has 0 aliphatic heterocycles. The summed E-state index contributed by atoms with van der Waals surface area (Å²) in [6.07, 6.45) is 38.7. The topological polar surface area (TPSA) is 0 Å². The van der Waals surface area contributed by atoms with Gasteiger partial charge in [0, 0.05) is 8.22 Å². The minimum Gasteiger partial charge on any atom is -0.0625 e. The zero-order valence-electron chi connectivity index (χ0n) is 69.3. The van der Waals surface area contributed by atoms with Gasteiger partial charge in [0.1, 0.15) is 0 Å². The molecule has 0 N–H and O–H groups in total. The molecule has 9 fully saturated rings. The van der Waals surface area contributed by atoms with E-state index in [0.717, 1.165) is 91.8 Å². The molecule has 84 heavy (non-hydrogen) atoms. The molecule has 0 aromatic rings. The highest BCUT2D eigenvalue weighted by molar-refractivity contribution is 5.03. The van der Waals surface area contributed by atoms with Crippen molar-refractivity contribution in [3.8, 4) is 0 Å². The van der Waals surface area contributed by atoms with Crippen molar-refractivity contribution < 1.29 is 8.22 Å². The molecular formula is C84H164. The molecule has 0 nitrogen and oxygen atoms in total. The van der Waals surface area contributed by atoms with E-state index in [-0.39, 0.29) is 28.1 Å². The van der Waals surface area contributed by atoms with Gasteiger partial charge < -0.3 is 0 Å². The molecule has 0 heterocycles. The molecular weight excluding hydrogens is 1010 g/mol. The zero-order valence-corrected chi connectivity index (χ0v) is 63.3. The van der Waals surface area contributed by atoms with E-state index in [2.05, 4.69) is 132 Å². The predicted molar refractivity (Wildman–Crippen MR) is 382 cm³/mol. The van der Waals surface area contributed by atoms with Gasteiger partial charge in [-0.2, -0.15) is 0 Å². The first-order valence-corrected chi connectivity index (χ1v) is 37.4. The summed E-state index contributed by atoms with van der Waals surface area (Å²) in [5, 5.41) is 0. The largest absolute Gasteiger partial charge is 0.0625 e. The molecule has 0 spiro atoms. The first kappa shape index (κ1) is 68.4. The fourth-order valence-corrected chi connectivity index (χ4v) is 17.8. The third-order valence-corrected chi connectivity index (χ3v) is 23.0.